The monoisotopic (exact) mass is 227 g/mol. The molecule has 0 aromatic rings. The molecule has 1 unspecified atom stereocenters. The summed E-state index contributed by atoms with van der Waals surface area (Å²) in [5, 5.41) is 0. The molecule has 1 saturated heterocycles. The summed E-state index contributed by atoms with van der Waals surface area (Å²) in [7, 11) is 0. The maximum absolute atomic E-state index is 6.00. The van der Waals surface area contributed by atoms with Crippen LogP contribution in [0.3, 0.4) is 0 Å². The van der Waals surface area contributed by atoms with E-state index in [9.17, 15) is 0 Å². The predicted octanol–water partition coefficient (Wildman–Crippen LogP) is 1.25. The van der Waals surface area contributed by atoms with Crippen LogP contribution in [0.5, 0.6) is 0 Å². The standard InChI is InChI=1S/C12H25N3O/c1-9(2)15-6-7-16-10(8-15)11(13)14-12(3,4)5/h9-10H,6-8H2,1-5H3,(H2,13,14). The molecule has 0 saturated carbocycles. The van der Waals surface area contributed by atoms with Crippen LogP contribution in [0.1, 0.15) is 34.6 Å². The molecule has 0 amide bonds. The maximum atomic E-state index is 6.00. The summed E-state index contributed by atoms with van der Waals surface area (Å²) in [4.78, 5) is 6.84. The predicted molar refractivity (Wildman–Crippen MR) is 67.8 cm³/mol. The van der Waals surface area contributed by atoms with E-state index in [1.165, 1.54) is 0 Å². The molecule has 1 atom stereocenters. The second-order valence-electron chi connectivity index (χ2n) is 5.66. The average Bonchev–Trinajstić information content (AvgIpc) is 2.15. The number of nitrogens with zero attached hydrogens (tertiary/aromatic N) is 2. The first-order valence-electron chi connectivity index (χ1n) is 6.00. The first kappa shape index (κ1) is 13.5. The topological polar surface area (TPSA) is 50.9 Å². The number of hydrogen-bond acceptors (Lipinski definition) is 3. The Morgan fingerprint density at radius 1 is 1.44 bits per heavy atom. The van der Waals surface area contributed by atoms with Gasteiger partial charge in [-0.15, -0.1) is 0 Å². The van der Waals surface area contributed by atoms with Gasteiger partial charge < -0.3 is 10.5 Å². The Labute approximate surface area is 98.9 Å². The number of amidine groups is 1. The van der Waals surface area contributed by atoms with Gasteiger partial charge in [-0.05, 0) is 34.6 Å². The van der Waals surface area contributed by atoms with E-state index >= 15 is 0 Å². The average molecular weight is 227 g/mol. The molecule has 0 radical (unpaired) electrons. The third-order valence-corrected chi connectivity index (χ3v) is 2.62. The van der Waals surface area contributed by atoms with Crippen molar-refractivity contribution >= 4 is 5.84 Å². The number of morpholine rings is 1. The lowest BCUT2D eigenvalue weighted by Gasteiger charge is -2.35. The van der Waals surface area contributed by atoms with Crippen LogP contribution in [0.2, 0.25) is 0 Å². The molecule has 1 aliphatic rings. The fraction of sp³-hybridized carbons (Fsp3) is 0.917. The van der Waals surface area contributed by atoms with E-state index in [0.29, 0.717) is 11.9 Å². The third-order valence-electron chi connectivity index (χ3n) is 2.62. The van der Waals surface area contributed by atoms with E-state index in [1.807, 2.05) is 20.8 Å². The summed E-state index contributed by atoms with van der Waals surface area (Å²) in [5.74, 6) is 0.623. The van der Waals surface area contributed by atoms with Crippen LogP contribution in [0, 0.1) is 0 Å². The molecule has 0 aliphatic carbocycles. The lowest BCUT2D eigenvalue weighted by atomic mass is 10.1. The Kier molecular flexibility index (Phi) is 4.33. The molecule has 94 valence electrons. The van der Waals surface area contributed by atoms with Gasteiger partial charge in [-0.1, -0.05) is 0 Å². The van der Waals surface area contributed by atoms with Crippen LogP contribution in [0.25, 0.3) is 0 Å². The van der Waals surface area contributed by atoms with Gasteiger partial charge in [-0.2, -0.15) is 0 Å². The summed E-state index contributed by atoms with van der Waals surface area (Å²) < 4.78 is 5.67. The summed E-state index contributed by atoms with van der Waals surface area (Å²) in [5.41, 5.74) is 5.86. The lowest BCUT2D eigenvalue weighted by molar-refractivity contribution is -0.00637. The Morgan fingerprint density at radius 2 is 2.06 bits per heavy atom. The number of nitrogens with two attached hydrogens (primary N) is 1. The molecule has 16 heavy (non-hydrogen) atoms. The molecule has 0 spiro atoms. The van der Waals surface area contributed by atoms with Crippen molar-refractivity contribution in [1.82, 2.24) is 4.90 Å². The van der Waals surface area contributed by atoms with E-state index in [0.717, 1.165) is 19.7 Å². The van der Waals surface area contributed by atoms with Gasteiger partial charge in [-0.3, -0.25) is 9.89 Å². The van der Waals surface area contributed by atoms with Crippen LogP contribution >= 0.6 is 0 Å². The van der Waals surface area contributed by atoms with Gasteiger partial charge in [0.25, 0.3) is 0 Å². The first-order valence-corrected chi connectivity index (χ1v) is 6.00. The Morgan fingerprint density at radius 3 is 2.56 bits per heavy atom. The molecule has 0 bridgehead atoms. The van der Waals surface area contributed by atoms with Crippen molar-refractivity contribution in [2.24, 2.45) is 10.7 Å². The van der Waals surface area contributed by atoms with Gasteiger partial charge in [-0.25, -0.2) is 0 Å². The quantitative estimate of drug-likeness (QED) is 0.570. The third kappa shape index (κ3) is 4.10. The van der Waals surface area contributed by atoms with Crippen LogP contribution < -0.4 is 5.73 Å². The fourth-order valence-corrected chi connectivity index (χ4v) is 1.78. The second-order valence-corrected chi connectivity index (χ2v) is 5.66. The van der Waals surface area contributed by atoms with E-state index in [1.54, 1.807) is 0 Å². The van der Waals surface area contributed by atoms with Crippen LogP contribution in [0.15, 0.2) is 4.99 Å². The highest BCUT2D eigenvalue weighted by atomic mass is 16.5. The zero-order chi connectivity index (χ0) is 12.3. The summed E-state index contributed by atoms with van der Waals surface area (Å²) in [6.45, 7) is 13.1. The number of hydrogen-bond donors (Lipinski definition) is 1. The molecule has 1 heterocycles. The van der Waals surface area contributed by atoms with Crippen LogP contribution in [-0.4, -0.2) is 48.1 Å². The van der Waals surface area contributed by atoms with Crippen molar-refractivity contribution in [3.8, 4) is 0 Å². The molecule has 1 rings (SSSR count). The Hall–Kier alpha value is -0.610. The largest absolute Gasteiger partial charge is 0.385 e. The van der Waals surface area contributed by atoms with Gasteiger partial charge in [0.2, 0.25) is 0 Å². The molecule has 1 fully saturated rings. The normalized spacial score (nSPS) is 25.1. The Bertz CT molecular complexity index is 255. The van der Waals surface area contributed by atoms with Crippen molar-refractivity contribution in [2.75, 3.05) is 19.7 Å². The maximum Gasteiger partial charge on any atom is 0.127 e. The molecule has 0 aromatic carbocycles. The second kappa shape index (κ2) is 5.15. The zero-order valence-electron chi connectivity index (χ0n) is 11.2. The molecular weight excluding hydrogens is 202 g/mol. The van der Waals surface area contributed by atoms with Crippen molar-refractivity contribution < 1.29 is 4.74 Å². The van der Waals surface area contributed by atoms with Gasteiger partial charge in [0.1, 0.15) is 11.9 Å². The van der Waals surface area contributed by atoms with E-state index in [4.69, 9.17) is 10.5 Å². The van der Waals surface area contributed by atoms with Gasteiger partial charge >= 0.3 is 0 Å². The van der Waals surface area contributed by atoms with E-state index < -0.39 is 0 Å². The van der Waals surface area contributed by atoms with Crippen LogP contribution in [0.4, 0.5) is 0 Å². The van der Waals surface area contributed by atoms with Crippen molar-refractivity contribution in [1.29, 1.82) is 0 Å². The van der Waals surface area contributed by atoms with E-state index in [-0.39, 0.29) is 11.6 Å². The summed E-state index contributed by atoms with van der Waals surface area (Å²) >= 11 is 0. The SMILES string of the molecule is CC(C)N1CCOC(C(N)=NC(C)(C)C)C1. The zero-order valence-corrected chi connectivity index (χ0v) is 11.2. The van der Waals surface area contributed by atoms with Gasteiger partial charge in [0, 0.05) is 19.1 Å². The van der Waals surface area contributed by atoms with Gasteiger partial charge in [0.15, 0.2) is 0 Å². The van der Waals surface area contributed by atoms with E-state index in [2.05, 4.69) is 23.7 Å². The van der Waals surface area contributed by atoms with Crippen molar-refractivity contribution in [3.05, 3.63) is 0 Å². The minimum absolute atomic E-state index is 0.0459. The molecule has 4 heteroatoms. The highest BCUT2D eigenvalue weighted by molar-refractivity contribution is 5.85. The summed E-state index contributed by atoms with van der Waals surface area (Å²) in [6, 6.07) is 0.536. The van der Waals surface area contributed by atoms with Crippen LogP contribution in [-0.2, 0) is 4.74 Å². The first-order chi connectivity index (χ1) is 7.29. The fourth-order valence-electron chi connectivity index (χ4n) is 1.78. The number of aliphatic imine (C=N–C) groups is 1. The molecule has 0 aromatic heterocycles. The minimum atomic E-state index is -0.131. The van der Waals surface area contributed by atoms with Gasteiger partial charge in [0.05, 0.1) is 12.1 Å². The molecule has 4 nitrogen and oxygen atoms in total. The highest BCUT2D eigenvalue weighted by Crippen LogP contribution is 2.12. The molecule has 2 N–H and O–H groups in total. The highest BCUT2D eigenvalue weighted by Gasteiger charge is 2.25. The lowest BCUT2D eigenvalue weighted by Crippen LogP contribution is -2.51. The number of rotatable bonds is 2. The molecular formula is C12H25N3O. The number of ether oxygens (including phenoxy) is 1. The molecule has 1 aliphatic heterocycles. The Balaban J connectivity index is 2.63. The van der Waals surface area contributed by atoms with Crippen molar-refractivity contribution in [3.63, 3.8) is 0 Å². The van der Waals surface area contributed by atoms with Crippen molar-refractivity contribution in [2.45, 2.75) is 52.3 Å². The minimum Gasteiger partial charge on any atom is -0.385 e. The summed E-state index contributed by atoms with van der Waals surface area (Å²) in [6.07, 6.45) is -0.0459. The smallest absolute Gasteiger partial charge is 0.127 e.